The van der Waals surface area contributed by atoms with E-state index in [4.69, 9.17) is 0 Å². The van der Waals surface area contributed by atoms with Crippen molar-refractivity contribution in [2.45, 2.75) is 0 Å². The van der Waals surface area contributed by atoms with Crippen molar-refractivity contribution in [3.63, 3.8) is 0 Å². The van der Waals surface area contributed by atoms with E-state index in [1.807, 2.05) is 16.3 Å². The summed E-state index contributed by atoms with van der Waals surface area (Å²) >= 11 is 4.96. The molecule has 1 aromatic rings. The zero-order chi connectivity index (χ0) is 13.8. The standard InChI is InChI=1S/C13H20BrN3OS/c1-15(2)3-4-16-5-7-17(8-6-16)13(18)11-9-12(14)19-10-11/h9-10H,3-8H2,1-2H3. The second-order valence-corrected chi connectivity index (χ2v) is 7.37. The quantitative estimate of drug-likeness (QED) is 0.832. The SMILES string of the molecule is CN(C)CCN1CCN(C(=O)c2csc(Br)c2)CC1. The van der Waals surface area contributed by atoms with Gasteiger partial charge in [-0.3, -0.25) is 9.69 Å². The van der Waals surface area contributed by atoms with Crippen LogP contribution in [0.2, 0.25) is 0 Å². The van der Waals surface area contributed by atoms with Crippen LogP contribution in [-0.2, 0) is 0 Å². The van der Waals surface area contributed by atoms with Gasteiger partial charge in [-0.1, -0.05) is 0 Å². The van der Waals surface area contributed by atoms with Crippen LogP contribution in [0.25, 0.3) is 0 Å². The van der Waals surface area contributed by atoms with Gasteiger partial charge in [0.05, 0.1) is 9.35 Å². The molecule has 4 nitrogen and oxygen atoms in total. The Labute approximate surface area is 127 Å². The summed E-state index contributed by atoms with van der Waals surface area (Å²) in [5, 5.41) is 1.92. The number of likely N-dealkylation sites (N-methyl/N-ethyl adjacent to an activating group) is 1. The molecule has 0 unspecified atom stereocenters. The van der Waals surface area contributed by atoms with Gasteiger partial charge in [0.15, 0.2) is 0 Å². The normalized spacial score (nSPS) is 17.2. The first-order valence-corrected chi connectivity index (χ1v) is 8.14. The van der Waals surface area contributed by atoms with Crippen molar-refractivity contribution < 1.29 is 4.79 Å². The Kier molecular flexibility index (Phi) is 5.38. The first kappa shape index (κ1) is 15.0. The molecule has 1 saturated heterocycles. The smallest absolute Gasteiger partial charge is 0.254 e. The minimum atomic E-state index is 0.161. The summed E-state index contributed by atoms with van der Waals surface area (Å²) in [7, 11) is 4.18. The Bertz CT molecular complexity index is 427. The average molecular weight is 346 g/mol. The Hall–Kier alpha value is -0.430. The van der Waals surface area contributed by atoms with Crippen LogP contribution < -0.4 is 0 Å². The van der Waals surface area contributed by atoms with Gasteiger partial charge < -0.3 is 9.80 Å². The summed E-state index contributed by atoms with van der Waals surface area (Å²) < 4.78 is 1.01. The molecule has 1 aliphatic heterocycles. The van der Waals surface area contributed by atoms with Crippen LogP contribution >= 0.6 is 27.3 Å². The molecule has 0 spiro atoms. The summed E-state index contributed by atoms with van der Waals surface area (Å²) in [6.07, 6.45) is 0. The fourth-order valence-corrected chi connectivity index (χ4v) is 3.25. The number of amides is 1. The molecular weight excluding hydrogens is 326 g/mol. The van der Waals surface area contributed by atoms with E-state index in [9.17, 15) is 4.79 Å². The summed E-state index contributed by atoms with van der Waals surface area (Å²) in [6, 6.07) is 1.91. The fraction of sp³-hybridized carbons (Fsp3) is 0.615. The lowest BCUT2D eigenvalue weighted by atomic mass is 10.2. The number of halogens is 1. The van der Waals surface area contributed by atoms with E-state index in [1.54, 1.807) is 11.3 Å². The van der Waals surface area contributed by atoms with E-state index in [0.29, 0.717) is 0 Å². The number of hydrogen-bond acceptors (Lipinski definition) is 4. The molecule has 106 valence electrons. The van der Waals surface area contributed by atoms with Crippen LogP contribution in [0.5, 0.6) is 0 Å². The van der Waals surface area contributed by atoms with Gasteiger partial charge in [0.1, 0.15) is 0 Å². The van der Waals surface area contributed by atoms with Crippen LogP contribution in [0.15, 0.2) is 15.2 Å². The number of nitrogens with zero attached hydrogens (tertiary/aromatic N) is 3. The number of hydrogen-bond donors (Lipinski definition) is 0. The van der Waals surface area contributed by atoms with E-state index in [-0.39, 0.29) is 5.91 Å². The molecule has 1 aromatic heterocycles. The van der Waals surface area contributed by atoms with Crippen molar-refractivity contribution >= 4 is 33.2 Å². The van der Waals surface area contributed by atoms with Crippen LogP contribution in [0.3, 0.4) is 0 Å². The third kappa shape index (κ3) is 4.27. The Balaban J connectivity index is 1.81. The first-order valence-electron chi connectivity index (χ1n) is 6.46. The van der Waals surface area contributed by atoms with E-state index < -0.39 is 0 Å². The zero-order valence-electron chi connectivity index (χ0n) is 11.4. The van der Waals surface area contributed by atoms with E-state index in [1.165, 1.54) is 0 Å². The molecule has 0 atom stereocenters. The summed E-state index contributed by atoms with van der Waals surface area (Å²) in [6.45, 7) is 5.78. The summed E-state index contributed by atoms with van der Waals surface area (Å²) in [5.74, 6) is 0.161. The number of thiophene rings is 1. The molecule has 19 heavy (non-hydrogen) atoms. The lowest BCUT2D eigenvalue weighted by Crippen LogP contribution is -2.49. The highest BCUT2D eigenvalue weighted by Crippen LogP contribution is 2.22. The van der Waals surface area contributed by atoms with Gasteiger partial charge in [-0.25, -0.2) is 0 Å². The molecule has 0 aromatic carbocycles. The van der Waals surface area contributed by atoms with Crippen LogP contribution in [0.4, 0.5) is 0 Å². The molecule has 0 radical (unpaired) electrons. The van der Waals surface area contributed by atoms with Gasteiger partial charge >= 0.3 is 0 Å². The van der Waals surface area contributed by atoms with Crippen LogP contribution in [0.1, 0.15) is 10.4 Å². The number of piperazine rings is 1. The molecular formula is C13H20BrN3OS. The monoisotopic (exact) mass is 345 g/mol. The lowest BCUT2D eigenvalue weighted by Gasteiger charge is -2.35. The third-order valence-electron chi connectivity index (χ3n) is 3.34. The molecule has 0 N–H and O–H groups in total. The van der Waals surface area contributed by atoms with E-state index >= 15 is 0 Å². The van der Waals surface area contributed by atoms with Gasteiger partial charge in [-0.2, -0.15) is 0 Å². The highest BCUT2D eigenvalue weighted by atomic mass is 79.9. The third-order valence-corrected chi connectivity index (χ3v) is 4.84. The zero-order valence-corrected chi connectivity index (χ0v) is 13.8. The Morgan fingerprint density at radius 1 is 1.37 bits per heavy atom. The number of carbonyl (C=O) groups excluding carboxylic acids is 1. The van der Waals surface area contributed by atoms with Crippen molar-refractivity contribution in [2.75, 3.05) is 53.4 Å². The van der Waals surface area contributed by atoms with Crippen molar-refractivity contribution in [3.8, 4) is 0 Å². The van der Waals surface area contributed by atoms with E-state index in [2.05, 4.69) is 39.8 Å². The second-order valence-electron chi connectivity index (χ2n) is 5.08. The summed E-state index contributed by atoms with van der Waals surface area (Å²) in [5.41, 5.74) is 0.804. The van der Waals surface area contributed by atoms with Gasteiger partial charge in [-0.15, -0.1) is 11.3 Å². The minimum absolute atomic E-state index is 0.161. The molecule has 1 aliphatic rings. The molecule has 2 rings (SSSR count). The Morgan fingerprint density at radius 2 is 2.05 bits per heavy atom. The van der Waals surface area contributed by atoms with Gasteiger partial charge in [0.25, 0.3) is 5.91 Å². The lowest BCUT2D eigenvalue weighted by molar-refractivity contribution is 0.0630. The maximum absolute atomic E-state index is 12.3. The van der Waals surface area contributed by atoms with Crippen molar-refractivity contribution in [1.82, 2.24) is 14.7 Å². The van der Waals surface area contributed by atoms with Crippen molar-refractivity contribution in [2.24, 2.45) is 0 Å². The van der Waals surface area contributed by atoms with Crippen LogP contribution in [-0.4, -0.2) is 74.0 Å². The Morgan fingerprint density at radius 3 is 2.58 bits per heavy atom. The number of rotatable bonds is 4. The fourth-order valence-electron chi connectivity index (χ4n) is 2.12. The van der Waals surface area contributed by atoms with Gasteiger partial charge in [0, 0.05) is 44.6 Å². The maximum Gasteiger partial charge on any atom is 0.254 e. The molecule has 0 saturated carbocycles. The molecule has 1 amide bonds. The average Bonchev–Trinajstić information content (AvgIpc) is 2.83. The second kappa shape index (κ2) is 6.83. The van der Waals surface area contributed by atoms with E-state index in [0.717, 1.165) is 48.6 Å². The molecule has 2 heterocycles. The highest BCUT2D eigenvalue weighted by molar-refractivity contribution is 9.11. The minimum Gasteiger partial charge on any atom is -0.336 e. The number of carbonyl (C=O) groups is 1. The highest BCUT2D eigenvalue weighted by Gasteiger charge is 2.22. The molecule has 6 heteroatoms. The molecule has 0 aliphatic carbocycles. The molecule has 1 fully saturated rings. The molecule has 0 bridgehead atoms. The maximum atomic E-state index is 12.3. The topological polar surface area (TPSA) is 26.8 Å². The van der Waals surface area contributed by atoms with Crippen molar-refractivity contribution in [1.29, 1.82) is 0 Å². The largest absolute Gasteiger partial charge is 0.336 e. The predicted octanol–water partition coefficient (Wildman–Crippen LogP) is 1.83. The predicted molar refractivity (Wildman–Crippen MR) is 82.9 cm³/mol. The van der Waals surface area contributed by atoms with Crippen LogP contribution in [0, 0.1) is 0 Å². The van der Waals surface area contributed by atoms with Crippen molar-refractivity contribution in [3.05, 3.63) is 20.8 Å². The van der Waals surface area contributed by atoms with Gasteiger partial charge in [0.2, 0.25) is 0 Å². The van der Waals surface area contributed by atoms with Gasteiger partial charge in [-0.05, 0) is 36.1 Å². The summed E-state index contributed by atoms with van der Waals surface area (Å²) in [4.78, 5) is 18.8. The first-order chi connectivity index (χ1) is 9.06.